The molecule has 0 spiro atoms. The van der Waals surface area contributed by atoms with Gasteiger partial charge in [0.25, 0.3) is 0 Å². The van der Waals surface area contributed by atoms with Crippen LogP contribution in [0.15, 0.2) is 376 Å². The van der Waals surface area contributed by atoms with Gasteiger partial charge in [-0.3, -0.25) is 0 Å². The smallest absolute Gasteiger partial charge is 0.0542 e. The van der Waals surface area contributed by atoms with Crippen molar-refractivity contribution in [3.8, 4) is 27.9 Å². The minimum Gasteiger partial charge on any atom is -0.313 e. The Morgan fingerprint density at radius 1 is 0.231 bits per heavy atom. The Bertz CT molecular complexity index is 6380. The van der Waals surface area contributed by atoms with Gasteiger partial charge in [-0.15, -0.1) is 0 Å². The molecule has 0 bridgehead atoms. The molecule has 18 aromatic rings. The number of rotatable bonds is 16. The van der Waals surface area contributed by atoms with Gasteiger partial charge in [0, 0.05) is 101 Å². The van der Waals surface area contributed by atoms with Gasteiger partial charge in [0.15, 0.2) is 0 Å². The van der Waals surface area contributed by atoms with E-state index in [0.29, 0.717) is 0 Å². The summed E-state index contributed by atoms with van der Waals surface area (Å²) in [6, 6.07) is 133. The van der Waals surface area contributed by atoms with Crippen molar-refractivity contribution in [2.75, 3.05) is 19.6 Å². The minimum atomic E-state index is 0.980. The SMILES string of the molecule is Cc1ccc(N(c2ccc(C)cc2)c2ccc(-c3c4ccc(N(c5ccccc5)c5ccc6c(c5)c5ccccc5n6-c5ccccc5)cc4c(-c4ccc(N(c5ccc(C)cc5)c5ccc(C)cc5)cc4)c4ccc(N(c5ccccc5)c5ccc6c(c5)c5ccccc5n6C5=CC=CCC5)cc34)cc2)cc1. The third-order valence-electron chi connectivity index (χ3n) is 21.7. The molecule has 0 atom stereocenters. The van der Waals surface area contributed by atoms with Gasteiger partial charge in [0.05, 0.1) is 22.1 Å². The first-order valence-corrected chi connectivity index (χ1v) is 37.5. The predicted octanol–water partition coefficient (Wildman–Crippen LogP) is 28.8. The van der Waals surface area contributed by atoms with Crippen LogP contribution >= 0.6 is 0 Å². The maximum absolute atomic E-state index is 2.48. The molecule has 6 heteroatoms. The Kier molecular flexibility index (Phi) is 16.5. The normalized spacial score (nSPS) is 12.2. The number of aryl methyl sites for hydroxylation is 4. The second kappa shape index (κ2) is 27.4. The topological polar surface area (TPSA) is 22.8 Å². The second-order valence-corrected chi connectivity index (χ2v) is 28.7. The van der Waals surface area contributed by atoms with Gasteiger partial charge >= 0.3 is 0 Å². The Morgan fingerprint density at radius 2 is 0.528 bits per heavy atom. The summed E-state index contributed by atoms with van der Waals surface area (Å²) in [6.07, 6.45) is 8.76. The van der Waals surface area contributed by atoms with Crippen molar-refractivity contribution >= 4 is 139 Å². The third-order valence-corrected chi connectivity index (χ3v) is 21.7. The lowest BCUT2D eigenvalue weighted by Gasteiger charge is -2.29. The first kappa shape index (κ1) is 65.1. The summed E-state index contributed by atoms with van der Waals surface area (Å²) in [5.74, 6) is 0. The molecule has 6 nitrogen and oxygen atoms in total. The van der Waals surface area contributed by atoms with Crippen molar-refractivity contribution in [1.82, 2.24) is 9.13 Å². The van der Waals surface area contributed by atoms with E-state index in [9.17, 15) is 0 Å². The average Bonchev–Trinajstić information content (AvgIpc) is 0.845. The zero-order chi connectivity index (χ0) is 72.3. The molecule has 0 amide bonds. The van der Waals surface area contributed by atoms with Crippen molar-refractivity contribution in [1.29, 1.82) is 0 Å². The molecule has 0 radical (unpaired) electrons. The molecule has 0 N–H and O–H groups in total. The van der Waals surface area contributed by atoms with E-state index in [1.807, 2.05) is 0 Å². The van der Waals surface area contributed by atoms with E-state index in [1.165, 1.54) is 66.0 Å². The molecule has 0 saturated heterocycles. The van der Waals surface area contributed by atoms with Crippen LogP contribution in [-0.4, -0.2) is 9.13 Å². The number of para-hydroxylation sites is 5. The molecule has 2 heterocycles. The molecular weight excluding hydrogens is 1310 g/mol. The van der Waals surface area contributed by atoms with Gasteiger partial charge in [0.1, 0.15) is 0 Å². The summed E-state index contributed by atoms with van der Waals surface area (Å²) in [4.78, 5) is 9.65. The van der Waals surface area contributed by atoms with E-state index in [4.69, 9.17) is 0 Å². The van der Waals surface area contributed by atoms with Crippen LogP contribution < -0.4 is 19.6 Å². The second-order valence-electron chi connectivity index (χ2n) is 28.7. The number of hydrogen-bond donors (Lipinski definition) is 0. The highest BCUT2D eigenvalue weighted by molar-refractivity contribution is 6.23. The standard InChI is InChI=1S/C102H78N6/c1-69-33-45-79(46-34-69)103(80-47-35-70(2)36-48-80)83-53-41-73(42-54-83)101-91-61-57-86(106(76-23-11-6-12-24-76)88-60-64-100-94(66-88)90-30-18-20-32-98(90)108(100)78-27-15-8-16-28-78)68-96(91)102(74-43-55-84(56-44-74)104(81-49-37-71(3)38-50-81)82-51-39-72(4)40-52-82)92-62-58-85(67-95(92)101)105(75-21-9-5-10-22-75)87-59-63-99-93(65-87)89-29-17-19-31-97(89)107(99)77-25-13-7-14-26-77/h5-15,17-27,29-68H,16,28H2,1-4H3. The van der Waals surface area contributed by atoms with E-state index >= 15 is 0 Å². The molecule has 1 aliphatic rings. The lowest BCUT2D eigenvalue weighted by molar-refractivity contribution is 0.979. The monoisotopic (exact) mass is 1390 g/mol. The van der Waals surface area contributed by atoms with Crippen LogP contribution in [0, 0.1) is 27.7 Å². The van der Waals surface area contributed by atoms with Crippen LogP contribution in [0.2, 0.25) is 0 Å². The molecule has 16 aromatic carbocycles. The van der Waals surface area contributed by atoms with Gasteiger partial charge in [-0.2, -0.15) is 0 Å². The zero-order valence-corrected chi connectivity index (χ0v) is 60.9. The van der Waals surface area contributed by atoms with Crippen LogP contribution in [0.5, 0.6) is 0 Å². The lowest BCUT2D eigenvalue weighted by atomic mass is 9.85. The van der Waals surface area contributed by atoms with Crippen LogP contribution in [0.4, 0.5) is 68.2 Å². The molecule has 2 aromatic heterocycles. The van der Waals surface area contributed by atoms with E-state index in [1.54, 1.807) is 0 Å². The Morgan fingerprint density at radius 3 is 0.917 bits per heavy atom. The highest BCUT2D eigenvalue weighted by Crippen LogP contribution is 2.51. The van der Waals surface area contributed by atoms with Gasteiger partial charge in [-0.1, -0.05) is 210 Å². The van der Waals surface area contributed by atoms with E-state index in [-0.39, 0.29) is 0 Å². The number of fused-ring (bicyclic) bond motifs is 8. The molecule has 0 unspecified atom stereocenters. The molecule has 19 rings (SSSR count). The molecular formula is C102H78N6. The van der Waals surface area contributed by atoms with Gasteiger partial charge in [0.2, 0.25) is 0 Å². The van der Waals surface area contributed by atoms with Gasteiger partial charge in [-0.25, -0.2) is 0 Å². The van der Waals surface area contributed by atoms with E-state index in [0.717, 1.165) is 136 Å². The fraction of sp³-hybridized carbons (Fsp3) is 0.0588. The number of hydrogen-bond acceptors (Lipinski definition) is 4. The van der Waals surface area contributed by atoms with Crippen LogP contribution in [-0.2, 0) is 0 Å². The maximum Gasteiger partial charge on any atom is 0.0542 e. The highest BCUT2D eigenvalue weighted by Gasteiger charge is 2.26. The minimum absolute atomic E-state index is 0.980. The summed E-state index contributed by atoms with van der Waals surface area (Å²) in [7, 11) is 0. The summed E-state index contributed by atoms with van der Waals surface area (Å²) >= 11 is 0. The van der Waals surface area contributed by atoms with Crippen molar-refractivity contribution in [3.05, 3.63) is 398 Å². The Balaban J connectivity index is 0.875. The number of nitrogens with zero attached hydrogens (tertiary/aromatic N) is 6. The lowest BCUT2D eigenvalue weighted by Crippen LogP contribution is -2.11. The Labute approximate surface area is 630 Å². The zero-order valence-electron chi connectivity index (χ0n) is 60.9. The molecule has 0 fully saturated rings. The third kappa shape index (κ3) is 11.7. The van der Waals surface area contributed by atoms with Crippen LogP contribution in [0.1, 0.15) is 35.1 Å². The van der Waals surface area contributed by atoms with Gasteiger partial charge < -0.3 is 28.7 Å². The van der Waals surface area contributed by atoms with Crippen LogP contribution in [0.3, 0.4) is 0 Å². The van der Waals surface area contributed by atoms with Gasteiger partial charge in [-0.05, 0) is 272 Å². The quantitative estimate of drug-likeness (QED) is 0.0900. The fourth-order valence-corrected chi connectivity index (χ4v) is 16.5. The average molecular weight is 1390 g/mol. The molecule has 0 aliphatic heterocycles. The molecule has 108 heavy (non-hydrogen) atoms. The predicted molar refractivity (Wildman–Crippen MR) is 460 cm³/mol. The summed E-state index contributed by atoms with van der Waals surface area (Å²) < 4.78 is 4.88. The molecule has 516 valence electrons. The molecule has 0 saturated carbocycles. The van der Waals surface area contributed by atoms with Crippen LogP contribution in [0.25, 0.3) is 98.8 Å². The van der Waals surface area contributed by atoms with Crippen molar-refractivity contribution in [3.63, 3.8) is 0 Å². The number of benzene rings is 16. The van der Waals surface area contributed by atoms with E-state index in [2.05, 4.69) is 433 Å². The number of anilines is 12. The molecule has 1 aliphatic carbocycles. The first-order valence-electron chi connectivity index (χ1n) is 37.5. The van der Waals surface area contributed by atoms with Crippen molar-refractivity contribution < 1.29 is 0 Å². The van der Waals surface area contributed by atoms with E-state index < -0.39 is 0 Å². The number of aromatic nitrogens is 2. The number of allylic oxidation sites excluding steroid dienone is 4. The Hall–Kier alpha value is -13.7. The van der Waals surface area contributed by atoms with Crippen molar-refractivity contribution in [2.45, 2.75) is 40.5 Å². The summed E-state index contributed by atoms with van der Waals surface area (Å²) in [5, 5.41) is 9.35. The summed E-state index contributed by atoms with van der Waals surface area (Å²) in [6.45, 7) is 8.62. The highest BCUT2D eigenvalue weighted by atomic mass is 15.2. The summed E-state index contributed by atoms with van der Waals surface area (Å²) in [5.41, 5.74) is 29.4. The van der Waals surface area contributed by atoms with Crippen molar-refractivity contribution in [2.24, 2.45) is 0 Å². The largest absolute Gasteiger partial charge is 0.313 e. The first-order chi connectivity index (χ1) is 53.2. The maximum atomic E-state index is 2.48. The fourth-order valence-electron chi connectivity index (χ4n) is 16.5.